The smallest absolute Gasteiger partial charge is 0.345 e. The van der Waals surface area contributed by atoms with Gasteiger partial charge in [-0.05, 0) is 67.4 Å². The molecule has 0 spiro atoms. The van der Waals surface area contributed by atoms with Gasteiger partial charge in [-0.2, -0.15) is 0 Å². The van der Waals surface area contributed by atoms with E-state index in [0.717, 1.165) is 59.9 Å². The van der Waals surface area contributed by atoms with E-state index in [1.807, 2.05) is 61.5 Å². The molecule has 0 unspecified atom stereocenters. The normalized spacial score (nSPS) is 13.7. The van der Waals surface area contributed by atoms with Crippen LogP contribution in [0, 0.1) is 11.8 Å². The van der Waals surface area contributed by atoms with Crippen molar-refractivity contribution in [2.45, 2.75) is 39.4 Å². The highest BCUT2D eigenvalue weighted by molar-refractivity contribution is 7.19. The molecule has 1 fully saturated rings. The largest absolute Gasteiger partial charge is 0.496 e. The minimum Gasteiger partial charge on any atom is -0.496 e. The van der Waals surface area contributed by atoms with Crippen LogP contribution in [0.3, 0.4) is 0 Å². The van der Waals surface area contributed by atoms with Gasteiger partial charge in [0, 0.05) is 50.9 Å². The summed E-state index contributed by atoms with van der Waals surface area (Å²) in [5.41, 5.74) is 4.47. The second-order valence-corrected chi connectivity index (χ2v) is 15.3. The number of hydrogen-bond acceptors (Lipinski definition) is 12. The molecule has 1 saturated heterocycles. The van der Waals surface area contributed by atoms with Gasteiger partial charge in [0.2, 0.25) is 12.0 Å². The van der Waals surface area contributed by atoms with Crippen LogP contribution in [0.5, 0.6) is 23.1 Å². The first-order valence-electron chi connectivity index (χ1n) is 19.4. The van der Waals surface area contributed by atoms with Crippen molar-refractivity contribution in [3.8, 4) is 57.5 Å². The summed E-state index contributed by atoms with van der Waals surface area (Å²) in [6.45, 7) is 9.34. The number of carboxylic acid groups (broad SMARTS) is 1. The van der Waals surface area contributed by atoms with Crippen molar-refractivity contribution >= 4 is 39.1 Å². The molecule has 14 heteroatoms. The fraction of sp³-hybridized carbons (Fsp3) is 0.311. The van der Waals surface area contributed by atoms with Gasteiger partial charge in [0.15, 0.2) is 5.82 Å². The SMILES string of the molecule is CC#Cc1sc2ncnc(O[C@H](Cc3ccccc3OCc3ccnc(-c4ccccc4OC)n3)C(=O)O)c2c1-c1ccc(OCCN2CCN(C)CC2)c(Cl)c1CC. The molecular weight excluding hydrogens is 788 g/mol. The van der Waals surface area contributed by atoms with Gasteiger partial charge in [-0.1, -0.05) is 60.8 Å². The molecule has 304 valence electrons. The number of carboxylic acids is 1. The van der Waals surface area contributed by atoms with Gasteiger partial charge in [-0.15, -0.1) is 17.3 Å². The molecule has 3 aromatic carbocycles. The highest BCUT2D eigenvalue weighted by Crippen LogP contribution is 2.46. The predicted octanol–water partition coefficient (Wildman–Crippen LogP) is 7.69. The fourth-order valence-corrected chi connectivity index (χ4v) is 8.42. The number of likely N-dealkylation sites (N-methyl/N-ethyl adjacent to an activating group) is 1. The third-order valence-electron chi connectivity index (χ3n) is 10.1. The minimum atomic E-state index is -1.33. The number of hydrogen-bond donors (Lipinski definition) is 1. The minimum absolute atomic E-state index is 0.0134. The number of rotatable bonds is 16. The quantitative estimate of drug-likeness (QED) is 0.0960. The Bertz CT molecular complexity index is 2500. The predicted molar refractivity (Wildman–Crippen MR) is 230 cm³/mol. The summed E-state index contributed by atoms with van der Waals surface area (Å²) in [6.07, 6.45) is 2.31. The van der Waals surface area contributed by atoms with Gasteiger partial charge in [0.05, 0.1) is 33.7 Å². The molecule has 0 bridgehead atoms. The summed E-state index contributed by atoms with van der Waals surface area (Å²) < 4.78 is 24.3. The number of aliphatic carboxylic acids is 1. The van der Waals surface area contributed by atoms with E-state index in [1.54, 1.807) is 32.4 Å². The molecule has 7 rings (SSSR count). The zero-order valence-electron chi connectivity index (χ0n) is 33.4. The van der Waals surface area contributed by atoms with E-state index < -0.39 is 12.1 Å². The molecule has 0 amide bonds. The molecule has 1 N–H and O–H groups in total. The number of halogens is 1. The molecule has 59 heavy (non-hydrogen) atoms. The number of piperazine rings is 1. The Hall–Kier alpha value is -5.78. The zero-order valence-corrected chi connectivity index (χ0v) is 35.0. The topological polar surface area (TPSA) is 132 Å². The molecule has 12 nitrogen and oxygen atoms in total. The van der Waals surface area contributed by atoms with E-state index in [4.69, 9.17) is 35.5 Å². The maximum absolute atomic E-state index is 12.9. The Morgan fingerprint density at radius 2 is 1.73 bits per heavy atom. The third kappa shape index (κ3) is 9.58. The Morgan fingerprint density at radius 1 is 0.949 bits per heavy atom. The number of methoxy groups -OCH3 is 1. The first-order valence-corrected chi connectivity index (χ1v) is 20.6. The summed E-state index contributed by atoms with van der Waals surface area (Å²) >= 11 is 8.49. The number of thiophene rings is 1. The van der Waals surface area contributed by atoms with Crippen molar-refractivity contribution < 1.29 is 28.8 Å². The van der Waals surface area contributed by atoms with Crippen LogP contribution in [-0.4, -0.2) is 100 Å². The number of carbonyl (C=O) groups is 1. The van der Waals surface area contributed by atoms with E-state index >= 15 is 0 Å². The Balaban J connectivity index is 1.14. The molecule has 6 aromatic rings. The van der Waals surface area contributed by atoms with Crippen molar-refractivity contribution in [1.29, 1.82) is 0 Å². The number of benzene rings is 3. The highest BCUT2D eigenvalue weighted by atomic mass is 35.5. The number of aromatic nitrogens is 4. The van der Waals surface area contributed by atoms with Gasteiger partial charge in [0.25, 0.3) is 0 Å². The van der Waals surface area contributed by atoms with Crippen molar-refractivity contribution in [3.05, 3.63) is 106 Å². The van der Waals surface area contributed by atoms with Crippen molar-refractivity contribution in [2.24, 2.45) is 0 Å². The van der Waals surface area contributed by atoms with Gasteiger partial charge in [0.1, 0.15) is 41.6 Å². The summed E-state index contributed by atoms with van der Waals surface area (Å²) in [5.74, 6) is 7.49. The van der Waals surface area contributed by atoms with Crippen molar-refractivity contribution in [2.75, 3.05) is 53.5 Å². The van der Waals surface area contributed by atoms with Crippen LogP contribution < -0.4 is 18.9 Å². The van der Waals surface area contributed by atoms with Crippen LogP contribution in [-0.2, 0) is 24.2 Å². The molecule has 1 atom stereocenters. The van der Waals surface area contributed by atoms with E-state index in [1.165, 1.54) is 17.7 Å². The van der Waals surface area contributed by atoms with E-state index in [9.17, 15) is 9.90 Å². The van der Waals surface area contributed by atoms with E-state index in [-0.39, 0.29) is 18.9 Å². The summed E-state index contributed by atoms with van der Waals surface area (Å²) in [4.78, 5) is 37.2. The third-order valence-corrected chi connectivity index (χ3v) is 11.6. The van der Waals surface area contributed by atoms with Gasteiger partial charge >= 0.3 is 5.97 Å². The molecule has 0 aliphatic carbocycles. The number of para-hydroxylation sites is 2. The molecule has 1 aliphatic rings. The van der Waals surface area contributed by atoms with Gasteiger partial charge < -0.3 is 29.0 Å². The standard InChI is InChI=1S/C45H45ClN6O6S/c1-5-11-38-39(32-16-17-36(41(46)31(32)6-2)56-25-24-52-22-20-51(3)21-23-52)40-43(48-28-49-44(40)59-38)58-37(45(53)54)26-29-12-7-9-14-34(29)57-27-30-18-19-47-42(50-30)33-13-8-10-15-35(33)55-4/h7-10,12-19,28,37H,6,20-27H2,1-4H3,(H,53,54)/t37-/m1/s1. The lowest BCUT2D eigenvalue weighted by molar-refractivity contribution is -0.145. The maximum atomic E-state index is 12.9. The van der Waals surface area contributed by atoms with Crippen LogP contribution in [0.2, 0.25) is 5.02 Å². The number of fused-ring (bicyclic) bond motifs is 1. The van der Waals surface area contributed by atoms with Gasteiger partial charge in [-0.3, -0.25) is 4.90 Å². The zero-order chi connectivity index (χ0) is 41.3. The summed E-state index contributed by atoms with van der Waals surface area (Å²) in [7, 11) is 3.74. The van der Waals surface area contributed by atoms with Crippen LogP contribution >= 0.6 is 22.9 Å². The lowest BCUT2D eigenvalue weighted by atomic mass is 9.96. The van der Waals surface area contributed by atoms with Crippen molar-refractivity contribution in [1.82, 2.24) is 29.7 Å². The maximum Gasteiger partial charge on any atom is 0.345 e. The summed E-state index contributed by atoms with van der Waals surface area (Å²) in [6, 6.07) is 20.4. The van der Waals surface area contributed by atoms with Crippen LogP contribution in [0.4, 0.5) is 0 Å². The monoisotopic (exact) mass is 832 g/mol. The van der Waals surface area contributed by atoms with Crippen LogP contribution in [0.1, 0.15) is 35.5 Å². The Labute approximate surface area is 352 Å². The number of nitrogens with zero attached hydrogens (tertiary/aromatic N) is 6. The first kappa shape index (κ1) is 41.4. The van der Waals surface area contributed by atoms with E-state index in [0.29, 0.717) is 62.6 Å². The average molecular weight is 833 g/mol. The fourth-order valence-electron chi connectivity index (χ4n) is 7.02. The second kappa shape index (κ2) is 19.3. The molecule has 4 heterocycles. The Morgan fingerprint density at radius 3 is 2.49 bits per heavy atom. The molecule has 3 aromatic heterocycles. The molecule has 1 aliphatic heterocycles. The molecular formula is C45H45ClN6O6S. The summed E-state index contributed by atoms with van der Waals surface area (Å²) in [5, 5.41) is 11.6. The van der Waals surface area contributed by atoms with E-state index in [2.05, 4.69) is 43.6 Å². The van der Waals surface area contributed by atoms with Crippen LogP contribution in [0.15, 0.2) is 79.3 Å². The first-order chi connectivity index (χ1) is 28.8. The average Bonchev–Trinajstić information content (AvgIpc) is 3.63. The van der Waals surface area contributed by atoms with Gasteiger partial charge in [-0.25, -0.2) is 24.7 Å². The molecule has 0 saturated carbocycles. The Kier molecular flexibility index (Phi) is 13.5. The lowest BCUT2D eigenvalue weighted by Gasteiger charge is -2.32. The van der Waals surface area contributed by atoms with Crippen molar-refractivity contribution in [3.63, 3.8) is 0 Å². The lowest BCUT2D eigenvalue weighted by Crippen LogP contribution is -2.45. The number of ether oxygens (including phenoxy) is 4. The molecule has 0 radical (unpaired) electrons. The highest BCUT2D eigenvalue weighted by Gasteiger charge is 2.28. The second-order valence-electron chi connectivity index (χ2n) is 13.9. The van der Waals surface area contributed by atoms with Crippen LogP contribution in [0.25, 0.3) is 32.7 Å².